The third-order valence-electron chi connectivity index (χ3n) is 2.57. The Labute approximate surface area is 128 Å². The van der Waals surface area contributed by atoms with Crippen molar-refractivity contribution in [3.8, 4) is 11.6 Å². The van der Waals surface area contributed by atoms with E-state index in [9.17, 15) is 0 Å². The third-order valence-corrected chi connectivity index (χ3v) is 3.01. The van der Waals surface area contributed by atoms with Crippen molar-refractivity contribution >= 4 is 23.2 Å². The van der Waals surface area contributed by atoms with Crippen LogP contribution < -0.4 is 10.1 Å². The first-order valence-electron chi connectivity index (χ1n) is 6.35. The van der Waals surface area contributed by atoms with E-state index < -0.39 is 0 Å². The lowest BCUT2D eigenvalue weighted by Crippen LogP contribution is -2.21. The van der Waals surface area contributed by atoms with E-state index in [4.69, 9.17) is 27.9 Å². The fourth-order valence-corrected chi connectivity index (χ4v) is 2.15. The Morgan fingerprint density at radius 2 is 1.85 bits per heavy atom. The summed E-state index contributed by atoms with van der Waals surface area (Å²) in [5, 5.41) is 4.41. The second-order valence-electron chi connectivity index (χ2n) is 4.75. The molecule has 3 nitrogen and oxygen atoms in total. The molecule has 0 saturated heterocycles. The van der Waals surface area contributed by atoms with Crippen molar-refractivity contribution in [3.63, 3.8) is 0 Å². The van der Waals surface area contributed by atoms with E-state index in [1.54, 1.807) is 24.4 Å². The Hall–Kier alpha value is -1.29. The second-order valence-corrected chi connectivity index (χ2v) is 5.62. The molecule has 2 rings (SSSR count). The molecule has 0 spiro atoms. The Morgan fingerprint density at radius 1 is 1.15 bits per heavy atom. The maximum Gasteiger partial charge on any atom is 0.219 e. The summed E-state index contributed by atoms with van der Waals surface area (Å²) in [6.45, 7) is 4.98. The molecule has 1 heterocycles. The largest absolute Gasteiger partial charge is 0.439 e. The smallest absolute Gasteiger partial charge is 0.219 e. The summed E-state index contributed by atoms with van der Waals surface area (Å²) in [4.78, 5) is 4.18. The molecule has 1 aromatic carbocycles. The number of pyridine rings is 1. The van der Waals surface area contributed by atoms with Crippen molar-refractivity contribution in [2.75, 3.05) is 0 Å². The minimum Gasteiger partial charge on any atom is -0.439 e. The van der Waals surface area contributed by atoms with Gasteiger partial charge in [-0.3, -0.25) is 0 Å². The van der Waals surface area contributed by atoms with Gasteiger partial charge >= 0.3 is 0 Å². The van der Waals surface area contributed by atoms with Crippen LogP contribution in [-0.4, -0.2) is 11.0 Å². The maximum atomic E-state index is 5.94. The number of halogens is 2. The highest BCUT2D eigenvalue weighted by Crippen LogP contribution is 2.27. The van der Waals surface area contributed by atoms with E-state index in [1.807, 2.05) is 12.1 Å². The van der Waals surface area contributed by atoms with Crippen LogP contribution in [0, 0.1) is 0 Å². The molecule has 0 fully saturated rings. The highest BCUT2D eigenvalue weighted by molar-refractivity contribution is 6.34. The lowest BCUT2D eigenvalue weighted by molar-refractivity contribution is 0.461. The van der Waals surface area contributed by atoms with Crippen LogP contribution in [0.4, 0.5) is 0 Å². The highest BCUT2D eigenvalue weighted by Gasteiger charge is 2.04. The van der Waals surface area contributed by atoms with Crippen LogP contribution in [0.3, 0.4) is 0 Å². The molecule has 1 aromatic heterocycles. The van der Waals surface area contributed by atoms with Gasteiger partial charge < -0.3 is 10.1 Å². The summed E-state index contributed by atoms with van der Waals surface area (Å²) < 4.78 is 5.68. The van der Waals surface area contributed by atoms with Gasteiger partial charge in [-0.25, -0.2) is 4.98 Å². The third kappa shape index (κ3) is 4.67. The summed E-state index contributed by atoms with van der Waals surface area (Å²) in [5.41, 5.74) is 1.11. The molecule has 0 unspecified atom stereocenters. The average molecular weight is 311 g/mol. The van der Waals surface area contributed by atoms with Gasteiger partial charge in [0, 0.05) is 34.9 Å². The molecule has 0 bridgehead atoms. The number of benzene rings is 1. The van der Waals surface area contributed by atoms with E-state index in [-0.39, 0.29) is 0 Å². The van der Waals surface area contributed by atoms with E-state index >= 15 is 0 Å². The Kier molecular flexibility index (Phi) is 5.24. The van der Waals surface area contributed by atoms with Crippen molar-refractivity contribution in [3.05, 3.63) is 52.1 Å². The number of rotatable bonds is 5. The first-order valence-corrected chi connectivity index (χ1v) is 7.11. The second kappa shape index (κ2) is 6.93. The van der Waals surface area contributed by atoms with Crippen LogP contribution in [-0.2, 0) is 6.54 Å². The minimum absolute atomic E-state index is 0.430. The average Bonchev–Trinajstić information content (AvgIpc) is 2.35. The number of hydrogen-bond acceptors (Lipinski definition) is 3. The van der Waals surface area contributed by atoms with Gasteiger partial charge in [0.1, 0.15) is 5.75 Å². The molecule has 5 heteroatoms. The summed E-state index contributed by atoms with van der Waals surface area (Å²) in [6, 6.07) is 9.34. The molecule has 106 valence electrons. The van der Waals surface area contributed by atoms with Gasteiger partial charge in [-0.1, -0.05) is 37.0 Å². The molecule has 20 heavy (non-hydrogen) atoms. The Balaban J connectivity index is 2.11. The molecule has 0 radical (unpaired) electrons. The monoisotopic (exact) mass is 310 g/mol. The molecule has 0 amide bonds. The van der Waals surface area contributed by atoms with Gasteiger partial charge in [0.2, 0.25) is 5.88 Å². The number of hydrogen-bond donors (Lipinski definition) is 1. The zero-order valence-corrected chi connectivity index (χ0v) is 12.9. The fraction of sp³-hybridized carbons (Fsp3) is 0.267. The molecule has 0 aliphatic carbocycles. The Morgan fingerprint density at radius 3 is 2.50 bits per heavy atom. The molecule has 0 atom stereocenters. The zero-order chi connectivity index (χ0) is 14.5. The topological polar surface area (TPSA) is 34.2 Å². The number of aromatic nitrogens is 1. The van der Waals surface area contributed by atoms with Crippen LogP contribution in [0.2, 0.25) is 10.0 Å². The molecular weight excluding hydrogens is 295 g/mol. The van der Waals surface area contributed by atoms with Crippen LogP contribution >= 0.6 is 23.2 Å². The van der Waals surface area contributed by atoms with E-state index in [0.29, 0.717) is 27.7 Å². The molecule has 2 aromatic rings. The van der Waals surface area contributed by atoms with Crippen LogP contribution in [0.5, 0.6) is 11.6 Å². The van der Waals surface area contributed by atoms with Gasteiger partial charge in [-0.15, -0.1) is 0 Å². The lowest BCUT2D eigenvalue weighted by Gasteiger charge is -2.10. The quantitative estimate of drug-likeness (QED) is 0.870. The molecule has 1 N–H and O–H groups in total. The zero-order valence-electron chi connectivity index (χ0n) is 11.4. The van der Waals surface area contributed by atoms with Gasteiger partial charge in [0.25, 0.3) is 0 Å². The predicted molar refractivity (Wildman–Crippen MR) is 82.7 cm³/mol. The van der Waals surface area contributed by atoms with Crippen LogP contribution in [0.15, 0.2) is 36.5 Å². The van der Waals surface area contributed by atoms with Crippen LogP contribution in [0.1, 0.15) is 19.4 Å². The Bertz CT molecular complexity index is 568. The number of nitrogens with one attached hydrogen (secondary N) is 1. The summed E-state index contributed by atoms with van der Waals surface area (Å²) in [6.07, 6.45) is 1.72. The standard InChI is InChI=1S/C15H16Cl2N2O/c1-10(2)19-9-11-3-4-18-15(5-11)20-14-7-12(16)6-13(17)8-14/h3-8,10,19H,9H2,1-2H3. The fourth-order valence-electron chi connectivity index (χ4n) is 1.65. The normalized spacial score (nSPS) is 10.8. The van der Waals surface area contributed by atoms with Crippen LogP contribution in [0.25, 0.3) is 0 Å². The summed E-state index contributed by atoms with van der Waals surface area (Å²) in [5.74, 6) is 1.09. The predicted octanol–water partition coefficient (Wildman–Crippen LogP) is 4.68. The van der Waals surface area contributed by atoms with E-state index in [2.05, 4.69) is 24.1 Å². The summed E-state index contributed by atoms with van der Waals surface area (Å²) >= 11 is 11.9. The van der Waals surface area contributed by atoms with Gasteiger partial charge in [-0.2, -0.15) is 0 Å². The van der Waals surface area contributed by atoms with Gasteiger partial charge in [-0.05, 0) is 29.8 Å². The highest BCUT2D eigenvalue weighted by atomic mass is 35.5. The summed E-state index contributed by atoms with van der Waals surface area (Å²) in [7, 11) is 0. The maximum absolute atomic E-state index is 5.94. The molecule has 0 aliphatic heterocycles. The molecular formula is C15H16Cl2N2O. The SMILES string of the molecule is CC(C)NCc1ccnc(Oc2cc(Cl)cc(Cl)c2)c1. The molecule has 0 saturated carbocycles. The van der Waals surface area contributed by atoms with Crippen molar-refractivity contribution in [2.45, 2.75) is 26.4 Å². The minimum atomic E-state index is 0.430. The number of ether oxygens (including phenoxy) is 1. The molecule has 0 aliphatic rings. The van der Waals surface area contributed by atoms with E-state index in [1.165, 1.54) is 0 Å². The lowest BCUT2D eigenvalue weighted by atomic mass is 10.2. The van der Waals surface area contributed by atoms with Gasteiger partial charge in [0.15, 0.2) is 0 Å². The van der Waals surface area contributed by atoms with Crippen molar-refractivity contribution in [1.82, 2.24) is 10.3 Å². The van der Waals surface area contributed by atoms with Crippen molar-refractivity contribution in [2.24, 2.45) is 0 Å². The van der Waals surface area contributed by atoms with Crippen molar-refractivity contribution < 1.29 is 4.74 Å². The van der Waals surface area contributed by atoms with Gasteiger partial charge in [0.05, 0.1) is 0 Å². The first kappa shape index (κ1) is 15.1. The first-order chi connectivity index (χ1) is 9.52. The number of nitrogens with zero attached hydrogens (tertiary/aromatic N) is 1. The van der Waals surface area contributed by atoms with E-state index in [0.717, 1.165) is 12.1 Å². The van der Waals surface area contributed by atoms with Crippen molar-refractivity contribution in [1.29, 1.82) is 0 Å².